The minimum atomic E-state index is -0.400. The number of carbonyl (C=O) groups is 3. The average Bonchev–Trinajstić information content (AvgIpc) is 3.26. The van der Waals surface area contributed by atoms with Crippen molar-refractivity contribution in [1.29, 1.82) is 0 Å². The lowest BCUT2D eigenvalue weighted by atomic mass is 10.1. The molecule has 7 heteroatoms. The minimum Gasteiger partial charge on any atom is -0.321 e. The quantitative estimate of drug-likeness (QED) is 0.807. The summed E-state index contributed by atoms with van der Waals surface area (Å²) in [6.07, 6.45) is 3.97. The first kappa shape index (κ1) is 17.8. The second kappa shape index (κ2) is 7.51. The molecule has 0 saturated heterocycles. The van der Waals surface area contributed by atoms with Crippen molar-refractivity contribution in [3.05, 3.63) is 41.6 Å². The van der Waals surface area contributed by atoms with Crippen molar-refractivity contribution < 1.29 is 14.4 Å². The van der Waals surface area contributed by atoms with Crippen LogP contribution in [0.25, 0.3) is 0 Å². The van der Waals surface area contributed by atoms with Crippen molar-refractivity contribution in [3.63, 3.8) is 0 Å². The molecule has 1 saturated carbocycles. The molecule has 0 atom stereocenters. The van der Waals surface area contributed by atoms with E-state index in [1.54, 1.807) is 37.4 Å². The van der Waals surface area contributed by atoms with Gasteiger partial charge in [0, 0.05) is 30.3 Å². The van der Waals surface area contributed by atoms with Crippen molar-refractivity contribution in [2.24, 2.45) is 13.0 Å². The normalized spacial score (nSPS) is 14.2. The molecule has 1 fully saturated rings. The smallest absolute Gasteiger partial charge is 0.276 e. The summed E-state index contributed by atoms with van der Waals surface area (Å²) in [6.45, 7) is 1.47. The SMILES string of the molecule is CC(=O)c1cccc(NC(=O)c2cc(NC(=O)C3CCCC3)n(C)n2)c1. The summed E-state index contributed by atoms with van der Waals surface area (Å²) < 4.78 is 1.48. The third-order valence-electron chi connectivity index (χ3n) is 4.62. The van der Waals surface area contributed by atoms with E-state index in [0.717, 1.165) is 25.7 Å². The Labute approximate surface area is 151 Å². The summed E-state index contributed by atoms with van der Waals surface area (Å²) in [5.41, 5.74) is 1.24. The van der Waals surface area contributed by atoms with Gasteiger partial charge in [-0.25, -0.2) is 0 Å². The maximum Gasteiger partial charge on any atom is 0.276 e. The number of amides is 2. The first-order valence-corrected chi connectivity index (χ1v) is 8.71. The summed E-state index contributed by atoms with van der Waals surface area (Å²) in [4.78, 5) is 36.1. The van der Waals surface area contributed by atoms with Crippen LogP contribution < -0.4 is 10.6 Å². The number of nitrogens with one attached hydrogen (secondary N) is 2. The molecule has 0 unspecified atom stereocenters. The fourth-order valence-electron chi connectivity index (χ4n) is 3.12. The van der Waals surface area contributed by atoms with Gasteiger partial charge in [0.15, 0.2) is 11.5 Å². The average molecular weight is 354 g/mol. The molecule has 2 aromatic rings. The lowest BCUT2D eigenvalue weighted by Crippen LogP contribution is -2.21. The summed E-state index contributed by atoms with van der Waals surface area (Å²) in [6, 6.07) is 8.27. The second-order valence-corrected chi connectivity index (χ2v) is 6.60. The van der Waals surface area contributed by atoms with Gasteiger partial charge in [-0.1, -0.05) is 25.0 Å². The van der Waals surface area contributed by atoms with Gasteiger partial charge >= 0.3 is 0 Å². The summed E-state index contributed by atoms with van der Waals surface area (Å²) in [5.74, 6) is 0.0335. The maximum absolute atomic E-state index is 12.4. The van der Waals surface area contributed by atoms with Crippen LogP contribution in [0.2, 0.25) is 0 Å². The van der Waals surface area contributed by atoms with E-state index in [1.165, 1.54) is 11.6 Å². The van der Waals surface area contributed by atoms with Crippen molar-refractivity contribution in [2.75, 3.05) is 10.6 Å². The van der Waals surface area contributed by atoms with E-state index in [2.05, 4.69) is 15.7 Å². The largest absolute Gasteiger partial charge is 0.321 e. The molecule has 2 amide bonds. The molecule has 136 valence electrons. The van der Waals surface area contributed by atoms with Gasteiger partial charge in [-0.3, -0.25) is 19.1 Å². The minimum absolute atomic E-state index is 0.0217. The number of carbonyl (C=O) groups excluding carboxylic acids is 3. The van der Waals surface area contributed by atoms with E-state index in [1.807, 2.05) is 0 Å². The van der Waals surface area contributed by atoms with Crippen LogP contribution in [-0.4, -0.2) is 27.4 Å². The van der Waals surface area contributed by atoms with Crippen molar-refractivity contribution in [1.82, 2.24) is 9.78 Å². The lowest BCUT2D eigenvalue weighted by Gasteiger charge is -2.09. The first-order chi connectivity index (χ1) is 12.4. The molecule has 0 bridgehead atoms. The molecule has 26 heavy (non-hydrogen) atoms. The number of ketones is 1. The number of nitrogens with zero attached hydrogens (tertiary/aromatic N) is 2. The molecular weight excluding hydrogens is 332 g/mol. The Bertz CT molecular complexity index is 850. The number of benzene rings is 1. The van der Waals surface area contributed by atoms with Crippen LogP contribution in [0.1, 0.15) is 53.5 Å². The zero-order valence-corrected chi connectivity index (χ0v) is 14.9. The lowest BCUT2D eigenvalue weighted by molar-refractivity contribution is -0.119. The molecular formula is C19H22N4O3. The molecule has 0 aliphatic heterocycles. The van der Waals surface area contributed by atoms with E-state index in [-0.39, 0.29) is 23.3 Å². The van der Waals surface area contributed by atoms with E-state index < -0.39 is 5.91 Å². The predicted molar refractivity (Wildman–Crippen MR) is 98.2 cm³/mol. The molecule has 1 aromatic heterocycles. The van der Waals surface area contributed by atoms with E-state index in [4.69, 9.17) is 0 Å². The van der Waals surface area contributed by atoms with Gasteiger partial charge in [-0.2, -0.15) is 5.10 Å². The van der Waals surface area contributed by atoms with Crippen LogP contribution in [0, 0.1) is 5.92 Å². The molecule has 7 nitrogen and oxygen atoms in total. The zero-order valence-electron chi connectivity index (χ0n) is 14.9. The molecule has 1 heterocycles. The first-order valence-electron chi connectivity index (χ1n) is 8.71. The molecule has 0 spiro atoms. The molecule has 1 aliphatic carbocycles. The number of hydrogen-bond acceptors (Lipinski definition) is 4. The third-order valence-corrected chi connectivity index (χ3v) is 4.62. The molecule has 1 aromatic carbocycles. The predicted octanol–water partition coefficient (Wildman–Crippen LogP) is 3.00. The second-order valence-electron chi connectivity index (χ2n) is 6.60. The highest BCUT2D eigenvalue weighted by molar-refractivity contribution is 6.05. The Morgan fingerprint density at radius 1 is 1.12 bits per heavy atom. The van der Waals surface area contributed by atoms with Crippen molar-refractivity contribution in [2.45, 2.75) is 32.6 Å². The van der Waals surface area contributed by atoms with Crippen LogP contribution >= 0.6 is 0 Å². The van der Waals surface area contributed by atoms with Crippen LogP contribution in [0.15, 0.2) is 30.3 Å². The summed E-state index contributed by atoms with van der Waals surface area (Å²) >= 11 is 0. The van der Waals surface area contributed by atoms with Crippen molar-refractivity contribution in [3.8, 4) is 0 Å². The van der Waals surface area contributed by atoms with Crippen LogP contribution in [0.4, 0.5) is 11.5 Å². The topological polar surface area (TPSA) is 93.1 Å². The highest BCUT2D eigenvalue weighted by Crippen LogP contribution is 2.26. The van der Waals surface area contributed by atoms with E-state index in [9.17, 15) is 14.4 Å². The zero-order chi connectivity index (χ0) is 18.7. The Kier molecular flexibility index (Phi) is 5.16. The standard InChI is InChI=1S/C19H22N4O3/c1-12(24)14-8-5-9-15(10-14)20-19(26)16-11-17(23(2)22-16)21-18(25)13-6-3-4-7-13/h5,8-11,13H,3-4,6-7H2,1-2H3,(H,20,26)(H,21,25). The molecule has 2 N–H and O–H groups in total. The van der Waals surface area contributed by atoms with Gasteiger partial charge in [0.2, 0.25) is 5.91 Å². The Morgan fingerprint density at radius 2 is 1.85 bits per heavy atom. The van der Waals surface area contributed by atoms with Gasteiger partial charge in [-0.05, 0) is 31.9 Å². The van der Waals surface area contributed by atoms with E-state index >= 15 is 0 Å². The number of aryl methyl sites for hydroxylation is 1. The fourth-order valence-corrected chi connectivity index (χ4v) is 3.12. The highest BCUT2D eigenvalue weighted by Gasteiger charge is 2.24. The van der Waals surface area contributed by atoms with E-state index in [0.29, 0.717) is 17.1 Å². The molecule has 1 aliphatic rings. The number of aromatic nitrogens is 2. The van der Waals surface area contributed by atoms with Crippen LogP contribution in [0.3, 0.4) is 0 Å². The Balaban J connectivity index is 1.69. The summed E-state index contributed by atoms with van der Waals surface area (Å²) in [7, 11) is 1.68. The summed E-state index contributed by atoms with van der Waals surface area (Å²) in [5, 5.41) is 9.74. The Morgan fingerprint density at radius 3 is 2.54 bits per heavy atom. The number of rotatable bonds is 5. The number of hydrogen-bond donors (Lipinski definition) is 2. The molecule has 3 rings (SSSR count). The molecule has 0 radical (unpaired) electrons. The maximum atomic E-state index is 12.4. The van der Waals surface area contributed by atoms with Gasteiger partial charge in [0.25, 0.3) is 5.91 Å². The van der Waals surface area contributed by atoms with Crippen LogP contribution in [0.5, 0.6) is 0 Å². The monoisotopic (exact) mass is 354 g/mol. The van der Waals surface area contributed by atoms with Gasteiger partial charge in [0.1, 0.15) is 5.82 Å². The van der Waals surface area contributed by atoms with Crippen molar-refractivity contribution >= 4 is 29.1 Å². The third kappa shape index (κ3) is 3.99. The van der Waals surface area contributed by atoms with Gasteiger partial charge in [-0.15, -0.1) is 0 Å². The Hall–Kier alpha value is -2.96. The number of anilines is 2. The highest BCUT2D eigenvalue weighted by atomic mass is 16.2. The number of Topliss-reactive ketones (excluding diaryl/α,β-unsaturated/α-hetero) is 1. The van der Waals surface area contributed by atoms with Crippen LogP contribution in [-0.2, 0) is 11.8 Å². The fraction of sp³-hybridized carbons (Fsp3) is 0.368. The van der Waals surface area contributed by atoms with Gasteiger partial charge < -0.3 is 10.6 Å². The van der Waals surface area contributed by atoms with Gasteiger partial charge in [0.05, 0.1) is 0 Å².